The molecule has 3 aliphatic carbocycles. The normalized spacial score (nSPS) is 29.7. The zero-order valence-electron chi connectivity index (χ0n) is 19.6. The third kappa shape index (κ3) is 3.01. The van der Waals surface area contributed by atoms with Crippen LogP contribution in [0.2, 0.25) is 0 Å². The lowest BCUT2D eigenvalue weighted by Crippen LogP contribution is -2.53. The number of hydrogen-bond donors (Lipinski definition) is 1. The van der Waals surface area contributed by atoms with Crippen molar-refractivity contribution in [2.75, 3.05) is 13.2 Å². The summed E-state index contributed by atoms with van der Waals surface area (Å²) in [6.07, 6.45) is 1.91. The first-order valence-corrected chi connectivity index (χ1v) is 12.4. The molecule has 2 aromatic rings. The lowest BCUT2D eigenvalue weighted by molar-refractivity contribution is -0.149. The summed E-state index contributed by atoms with van der Waals surface area (Å²) in [7, 11) is 0. The van der Waals surface area contributed by atoms with Crippen LogP contribution in [-0.4, -0.2) is 47.9 Å². The summed E-state index contributed by atoms with van der Waals surface area (Å²) in [5.41, 5.74) is 4.55. The van der Waals surface area contributed by atoms with Gasteiger partial charge in [0.1, 0.15) is 6.04 Å². The van der Waals surface area contributed by atoms with Crippen molar-refractivity contribution in [3.63, 3.8) is 0 Å². The van der Waals surface area contributed by atoms with E-state index in [-0.39, 0.29) is 41.6 Å². The average Bonchev–Trinajstić information content (AvgIpc) is 3.46. The van der Waals surface area contributed by atoms with Crippen molar-refractivity contribution in [2.24, 2.45) is 17.8 Å². The first-order valence-electron chi connectivity index (χ1n) is 12.4. The number of carbonyl (C=O) groups excluding carboxylic acids is 3. The van der Waals surface area contributed by atoms with Gasteiger partial charge in [-0.15, -0.1) is 0 Å². The SMILES string of the molecule is CC(C)[C@H](C(=O)NC[C@@H]1CCCO1)N1C(=O)[C@H]2C3c4ccccc4C(c4ccccc43)[C@@H]2C1=O. The van der Waals surface area contributed by atoms with Crippen LogP contribution in [0.25, 0.3) is 0 Å². The van der Waals surface area contributed by atoms with E-state index in [0.29, 0.717) is 13.2 Å². The maximum absolute atomic E-state index is 14.0. The Kier molecular flexibility index (Phi) is 5.10. The van der Waals surface area contributed by atoms with E-state index in [2.05, 4.69) is 29.6 Å². The van der Waals surface area contributed by atoms with Crippen LogP contribution in [0.3, 0.4) is 0 Å². The molecule has 2 aliphatic heterocycles. The van der Waals surface area contributed by atoms with Gasteiger partial charge >= 0.3 is 0 Å². The molecule has 0 saturated carbocycles. The maximum Gasteiger partial charge on any atom is 0.243 e. The monoisotopic (exact) mass is 458 g/mol. The fourth-order valence-corrected chi connectivity index (χ4v) is 6.82. The zero-order valence-corrected chi connectivity index (χ0v) is 19.6. The van der Waals surface area contributed by atoms with Crippen LogP contribution < -0.4 is 5.32 Å². The summed E-state index contributed by atoms with van der Waals surface area (Å²) < 4.78 is 5.63. The predicted octanol–water partition coefficient (Wildman–Crippen LogP) is 3.20. The van der Waals surface area contributed by atoms with Gasteiger partial charge in [-0.25, -0.2) is 0 Å². The zero-order chi connectivity index (χ0) is 23.6. The highest BCUT2D eigenvalue weighted by Crippen LogP contribution is 2.61. The van der Waals surface area contributed by atoms with Crippen molar-refractivity contribution in [2.45, 2.75) is 50.7 Å². The second-order valence-corrected chi connectivity index (χ2v) is 10.4. The first-order chi connectivity index (χ1) is 16.5. The molecule has 0 spiro atoms. The van der Waals surface area contributed by atoms with Gasteiger partial charge in [0.05, 0.1) is 17.9 Å². The molecule has 2 fully saturated rings. The van der Waals surface area contributed by atoms with E-state index in [1.54, 1.807) is 0 Å². The average molecular weight is 459 g/mol. The Morgan fingerprint density at radius 1 is 0.941 bits per heavy atom. The molecular formula is C28H30N2O4. The van der Waals surface area contributed by atoms with E-state index in [4.69, 9.17) is 4.74 Å². The van der Waals surface area contributed by atoms with Crippen LogP contribution in [0.4, 0.5) is 0 Å². The summed E-state index contributed by atoms with van der Waals surface area (Å²) in [6, 6.07) is 15.6. The highest BCUT2D eigenvalue weighted by atomic mass is 16.5. The van der Waals surface area contributed by atoms with Crippen LogP contribution >= 0.6 is 0 Å². The van der Waals surface area contributed by atoms with Gasteiger partial charge in [0.25, 0.3) is 0 Å². The number of imide groups is 1. The van der Waals surface area contributed by atoms with Crippen LogP contribution in [0.1, 0.15) is 60.8 Å². The molecule has 2 heterocycles. The molecule has 6 heteroatoms. The Balaban J connectivity index is 1.37. The van der Waals surface area contributed by atoms with Crippen LogP contribution in [0.5, 0.6) is 0 Å². The molecule has 0 radical (unpaired) electrons. The fourth-order valence-electron chi connectivity index (χ4n) is 6.82. The lowest BCUT2D eigenvalue weighted by Gasteiger charge is -2.45. The van der Waals surface area contributed by atoms with E-state index >= 15 is 0 Å². The largest absolute Gasteiger partial charge is 0.376 e. The van der Waals surface area contributed by atoms with Crippen LogP contribution in [-0.2, 0) is 19.1 Å². The molecule has 176 valence electrons. The second-order valence-electron chi connectivity index (χ2n) is 10.4. The number of likely N-dealkylation sites (tertiary alicyclic amines) is 1. The number of benzene rings is 2. The minimum atomic E-state index is -0.822. The Morgan fingerprint density at radius 3 is 1.85 bits per heavy atom. The van der Waals surface area contributed by atoms with E-state index in [1.165, 1.54) is 4.90 Å². The van der Waals surface area contributed by atoms with Crippen LogP contribution in [0.15, 0.2) is 48.5 Å². The summed E-state index contributed by atoms with van der Waals surface area (Å²) in [6.45, 7) is 4.92. The molecule has 0 aromatic heterocycles. The topological polar surface area (TPSA) is 75.7 Å². The van der Waals surface area contributed by atoms with E-state index in [0.717, 1.165) is 35.1 Å². The molecule has 0 unspecified atom stereocenters. The van der Waals surface area contributed by atoms with Crippen molar-refractivity contribution in [1.29, 1.82) is 0 Å². The van der Waals surface area contributed by atoms with Crippen molar-refractivity contribution >= 4 is 17.7 Å². The molecule has 34 heavy (non-hydrogen) atoms. The summed E-state index contributed by atoms with van der Waals surface area (Å²) in [5, 5.41) is 2.97. The number of amides is 3. The van der Waals surface area contributed by atoms with Gasteiger partial charge < -0.3 is 10.1 Å². The molecule has 4 atom stereocenters. The maximum atomic E-state index is 14.0. The van der Waals surface area contributed by atoms with Crippen molar-refractivity contribution in [1.82, 2.24) is 10.2 Å². The summed E-state index contributed by atoms with van der Waals surface area (Å²) in [5.74, 6) is -2.13. The fraction of sp³-hybridized carbons (Fsp3) is 0.464. The molecule has 2 aromatic carbocycles. The van der Waals surface area contributed by atoms with Gasteiger partial charge in [-0.1, -0.05) is 62.4 Å². The lowest BCUT2D eigenvalue weighted by atomic mass is 9.55. The Labute approximate surface area is 199 Å². The molecule has 5 aliphatic rings. The predicted molar refractivity (Wildman–Crippen MR) is 126 cm³/mol. The van der Waals surface area contributed by atoms with Gasteiger partial charge in [-0.2, -0.15) is 0 Å². The van der Waals surface area contributed by atoms with Crippen molar-refractivity contribution < 1.29 is 19.1 Å². The van der Waals surface area contributed by atoms with Crippen molar-refractivity contribution in [3.8, 4) is 0 Å². The number of rotatable bonds is 5. The second kappa shape index (κ2) is 8.05. The molecule has 2 bridgehead atoms. The molecular weight excluding hydrogens is 428 g/mol. The van der Waals surface area contributed by atoms with Gasteiger partial charge in [-0.05, 0) is 41.0 Å². The third-order valence-electron chi connectivity index (χ3n) is 8.19. The molecule has 6 nitrogen and oxygen atoms in total. The number of carbonyl (C=O) groups is 3. The van der Waals surface area contributed by atoms with Gasteiger partial charge in [0, 0.05) is 25.0 Å². The van der Waals surface area contributed by atoms with E-state index in [9.17, 15) is 14.4 Å². The van der Waals surface area contributed by atoms with E-state index in [1.807, 2.05) is 38.1 Å². The number of hydrogen-bond acceptors (Lipinski definition) is 4. The summed E-state index contributed by atoms with van der Waals surface area (Å²) in [4.78, 5) is 42.6. The Hall–Kier alpha value is -2.99. The van der Waals surface area contributed by atoms with Gasteiger partial charge in [-0.3, -0.25) is 19.3 Å². The number of nitrogens with zero attached hydrogens (tertiary/aromatic N) is 1. The van der Waals surface area contributed by atoms with Crippen molar-refractivity contribution in [3.05, 3.63) is 70.8 Å². The van der Waals surface area contributed by atoms with Crippen LogP contribution in [0, 0.1) is 17.8 Å². The number of ether oxygens (including phenoxy) is 1. The van der Waals surface area contributed by atoms with Gasteiger partial charge in [0.2, 0.25) is 17.7 Å². The smallest absolute Gasteiger partial charge is 0.243 e. The standard InChI is InChI=1S/C28H30N2O4/c1-15(2)25(26(31)29-14-16-8-7-13-34-16)30-27(32)23-21-17-9-3-4-10-18(17)22(24(23)28(30)33)20-12-6-5-11-19(20)21/h3-6,9-12,15-16,21-25H,7-8,13-14H2,1-2H3,(H,29,31)/t16-,21?,22?,23-,24-,25+/m0/s1. The third-order valence-corrected chi connectivity index (χ3v) is 8.19. The van der Waals surface area contributed by atoms with Gasteiger partial charge in [0.15, 0.2) is 0 Å². The number of nitrogens with one attached hydrogen (secondary N) is 1. The first kappa shape index (κ1) is 21.5. The quantitative estimate of drug-likeness (QED) is 0.699. The summed E-state index contributed by atoms with van der Waals surface area (Å²) >= 11 is 0. The Bertz CT molecular complexity index is 1050. The molecule has 1 N–H and O–H groups in total. The highest BCUT2D eigenvalue weighted by molar-refractivity contribution is 6.10. The highest BCUT2D eigenvalue weighted by Gasteiger charge is 2.63. The minimum Gasteiger partial charge on any atom is -0.376 e. The minimum absolute atomic E-state index is 0.00386. The molecule has 7 rings (SSSR count). The van der Waals surface area contributed by atoms with E-state index < -0.39 is 17.9 Å². The Morgan fingerprint density at radius 2 is 1.44 bits per heavy atom. The molecule has 2 saturated heterocycles. The molecule has 3 amide bonds.